The molecule has 0 amide bonds. The molecule has 30 heavy (non-hydrogen) atoms. The fraction of sp³-hybridized carbons (Fsp3) is 0.105. The van der Waals surface area contributed by atoms with Crippen LogP contribution in [0.2, 0.25) is 0 Å². The highest BCUT2D eigenvalue weighted by Gasteiger charge is 2.15. The Morgan fingerprint density at radius 3 is 2.30 bits per heavy atom. The second kappa shape index (κ2) is 8.67. The molecule has 0 aliphatic carbocycles. The number of benzene rings is 2. The zero-order valence-electron chi connectivity index (χ0n) is 15.9. The number of hydrogen-bond acceptors (Lipinski definition) is 5. The standard InChI is InChI=1S/C19H17F2N5O2S2/c1-11-9-18(23-12(2)22-11)26-30(27,28)15-6-4-14(5-7-15)24-19(29)25-17-8-3-13(20)10-16(17)21/h3-10H,1-2H3,(H,22,23,26)(H2,24,25,29). The van der Waals surface area contributed by atoms with E-state index in [1.54, 1.807) is 13.8 Å². The van der Waals surface area contributed by atoms with Gasteiger partial charge in [-0.2, -0.15) is 0 Å². The summed E-state index contributed by atoms with van der Waals surface area (Å²) in [4.78, 5) is 8.18. The van der Waals surface area contributed by atoms with Crippen molar-refractivity contribution >= 4 is 44.5 Å². The van der Waals surface area contributed by atoms with Crippen molar-refractivity contribution < 1.29 is 17.2 Å². The third kappa shape index (κ3) is 5.45. The normalized spacial score (nSPS) is 11.1. The summed E-state index contributed by atoms with van der Waals surface area (Å²) in [5.41, 5.74) is 1.12. The predicted octanol–water partition coefficient (Wildman–Crippen LogP) is 3.98. The highest BCUT2D eigenvalue weighted by molar-refractivity contribution is 7.92. The molecular weight excluding hydrogens is 432 g/mol. The predicted molar refractivity (Wildman–Crippen MR) is 115 cm³/mol. The Bertz CT molecular complexity index is 1180. The van der Waals surface area contributed by atoms with Gasteiger partial charge < -0.3 is 10.6 Å². The first-order valence-electron chi connectivity index (χ1n) is 8.60. The molecule has 0 aliphatic heterocycles. The number of halogens is 2. The Morgan fingerprint density at radius 2 is 1.67 bits per heavy atom. The number of rotatable bonds is 5. The molecule has 0 bridgehead atoms. The first-order valence-corrected chi connectivity index (χ1v) is 10.5. The summed E-state index contributed by atoms with van der Waals surface area (Å²) in [6.45, 7) is 3.40. The third-order valence-corrected chi connectivity index (χ3v) is 5.38. The lowest BCUT2D eigenvalue weighted by Crippen LogP contribution is -2.20. The van der Waals surface area contributed by atoms with Gasteiger partial charge in [0.05, 0.1) is 10.6 Å². The fourth-order valence-electron chi connectivity index (χ4n) is 2.56. The highest BCUT2D eigenvalue weighted by atomic mass is 32.2. The fourth-order valence-corrected chi connectivity index (χ4v) is 3.78. The summed E-state index contributed by atoms with van der Waals surface area (Å²) < 4.78 is 54.2. The summed E-state index contributed by atoms with van der Waals surface area (Å²) in [7, 11) is -3.85. The van der Waals surface area contributed by atoms with E-state index in [0.717, 1.165) is 12.1 Å². The van der Waals surface area contributed by atoms with Crippen molar-refractivity contribution in [3.63, 3.8) is 0 Å². The molecule has 0 saturated heterocycles. The average molecular weight is 450 g/mol. The summed E-state index contributed by atoms with van der Waals surface area (Å²) in [5, 5.41) is 5.46. The third-order valence-electron chi connectivity index (χ3n) is 3.81. The van der Waals surface area contributed by atoms with Crippen LogP contribution in [0.3, 0.4) is 0 Å². The largest absolute Gasteiger partial charge is 0.332 e. The lowest BCUT2D eigenvalue weighted by Gasteiger charge is -2.12. The number of aromatic nitrogens is 2. The lowest BCUT2D eigenvalue weighted by atomic mass is 10.3. The van der Waals surface area contributed by atoms with E-state index in [1.807, 2.05) is 0 Å². The molecule has 0 radical (unpaired) electrons. The van der Waals surface area contributed by atoms with Crippen LogP contribution in [0.5, 0.6) is 0 Å². The minimum absolute atomic E-state index is 0.00716. The summed E-state index contributed by atoms with van der Waals surface area (Å²) >= 11 is 5.10. The van der Waals surface area contributed by atoms with Crippen LogP contribution in [0.15, 0.2) is 53.4 Å². The lowest BCUT2D eigenvalue weighted by molar-refractivity contribution is 0.586. The molecule has 156 valence electrons. The van der Waals surface area contributed by atoms with E-state index < -0.39 is 21.7 Å². The number of hydrogen-bond donors (Lipinski definition) is 3. The molecule has 3 N–H and O–H groups in total. The van der Waals surface area contributed by atoms with E-state index in [9.17, 15) is 17.2 Å². The molecule has 1 heterocycles. The van der Waals surface area contributed by atoms with Gasteiger partial charge >= 0.3 is 0 Å². The molecular formula is C19H17F2N5O2S2. The maximum atomic E-state index is 13.7. The van der Waals surface area contributed by atoms with Crippen molar-refractivity contribution in [3.05, 3.63) is 71.7 Å². The Balaban J connectivity index is 1.68. The minimum Gasteiger partial charge on any atom is -0.332 e. The van der Waals surface area contributed by atoms with Crippen molar-refractivity contribution in [1.29, 1.82) is 0 Å². The quantitative estimate of drug-likeness (QED) is 0.507. The van der Waals surface area contributed by atoms with Crippen LogP contribution >= 0.6 is 12.2 Å². The average Bonchev–Trinajstić information content (AvgIpc) is 2.63. The van der Waals surface area contributed by atoms with Gasteiger partial charge in [-0.05, 0) is 62.5 Å². The van der Waals surface area contributed by atoms with Gasteiger partial charge in [0.25, 0.3) is 10.0 Å². The van der Waals surface area contributed by atoms with E-state index in [1.165, 1.54) is 36.4 Å². The van der Waals surface area contributed by atoms with E-state index in [-0.39, 0.29) is 21.5 Å². The Hall–Kier alpha value is -3.18. The number of nitrogens with zero attached hydrogens (tertiary/aromatic N) is 2. The van der Waals surface area contributed by atoms with Crippen LogP contribution in [-0.4, -0.2) is 23.5 Å². The molecule has 3 rings (SSSR count). The van der Waals surface area contributed by atoms with Crippen molar-refractivity contribution in [2.75, 3.05) is 15.4 Å². The number of nitrogens with one attached hydrogen (secondary N) is 3. The van der Waals surface area contributed by atoms with Crippen LogP contribution in [0, 0.1) is 25.5 Å². The Morgan fingerprint density at radius 1 is 0.967 bits per heavy atom. The molecule has 11 heteroatoms. The molecule has 0 unspecified atom stereocenters. The molecule has 7 nitrogen and oxygen atoms in total. The number of anilines is 3. The van der Waals surface area contributed by atoms with Gasteiger partial charge in [-0.25, -0.2) is 27.2 Å². The van der Waals surface area contributed by atoms with E-state index in [4.69, 9.17) is 12.2 Å². The second-order valence-corrected chi connectivity index (χ2v) is 8.37. The zero-order valence-corrected chi connectivity index (χ0v) is 17.5. The number of thiocarbonyl (C=S) groups is 1. The van der Waals surface area contributed by atoms with Crippen LogP contribution < -0.4 is 15.4 Å². The number of aryl methyl sites for hydroxylation is 2. The van der Waals surface area contributed by atoms with Gasteiger partial charge in [0.15, 0.2) is 5.11 Å². The Labute approximate surface area is 177 Å². The highest BCUT2D eigenvalue weighted by Crippen LogP contribution is 2.19. The van der Waals surface area contributed by atoms with Crippen molar-refractivity contribution in [2.24, 2.45) is 0 Å². The van der Waals surface area contributed by atoms with Gasteiger partial charge in [0.1, 0.15) is 23.3 Å². The second-order valence-electron chi connectivity index (χ2n) is 6.27. The van der Waals surface area contributed by atoms with Crippen molar-refractivity contribution in [1.82, 2.24) is 9.97 Å². The monoisotopic (exact) mass is 449 g/mol. The molecule has 0 fully saturated rings. The van der Waals surface area contributed by atoms with Crippen LogP contribution in [0.1, 0.15) is 11.5 Å². The minimum atomic E-state index is -3.85. The van der Waals surface area contributed by atoms with Gasteiger partial charge in [0.2, 0.25) is 0 Å². The van der Waals surface area contributed by atoms with Crippen LogP contribution in [0.4, 0.5) is 26.0 Å². The van der Waals surface area contributed by atoms with Crippen LogP contribution in [0.25, 0.3) is 0 Å². The van der Waals surface area contributed by atoms with Crippen LogP contribution in [-0.2, 0) is 10.0 Å². The molecule has 0 spiro atoms. The van der Waals surface area contributed by atoms with Gasteiger partial charge in [-0.15, -0.1) is 0 Å². The smallest absolute Gasteiger partial charge is 0.263 e. The van der Waals surface area contributed by atoms with E-state index >= 15 is 0 Å². The molecule has 0 atom stereocenters. The van der Waals surface area contributed by atoms with Gasteiger partial charge in [-0.1, -0.05) is 0 Å². The zero-order chi connectivity index (χ0) is 21.9. The molecule has 3 aromatic rings. The van der Waals surface area contributed by atoms with Gasteiger partial charge in [0, 0.05) is 23.5 Å². The SMILES string of the molecule is Cc1cc(NS(=O)(=O)c2ccc(NC(=S)Nc3ccc(F)cc3F)cc2)nc(C)n1. The van der Waals surface area contributed by atoms with Crippen molar-refractivity contribution in [2.45, 2.75) is 18.7 Å². The molecule has 2 aromatic carbocycles. The maximum Gasteiger partial charge on any atom is 0.263 e. The molecule has 0 aliphatic rings. The van der Waals surface area contributed by atoms with Crippen molar-refractivity contribution in [3.8, 4) is 0 Å². The molecule has 1 aromatic heterocycles. The Kier molecular flexibility index (Phi) is 6.22. The number of sulfonamides is 1. The summed E-state index contributed by atoms with van der Waals surface area (Å²) in [6.07, 6.45) is 0. The topological polar surface area (TPSA) is 96.0 Å². The van der Waals surface area contributed by atoms with E-state index in [2.05, 4.69) is 25.3 Å². The van der Waals surface area contributed by atoms with E-state index in [0.29, 0.717) is 17.2 Å². The first kappa shape index (κ1) is 21.5. The van der Waals surface area contributed by atoms with Gasteiger partial charge in [-0.3, -0.25) is 4.72 Å². The molecule has 0 saturated carbocycles. The summed E-state index contributed by atoms with van der Waals surface area (Å²) in [6, 6.07) is 10.3. The first-order chi connectivity index (χ1) is 14.1. The maximum absolute atomic E-state index is 13.7. The summed E-state index contributed by atoms with van der Waals surface area (Å²) in [5.74, 6) is -0.865.